The third-order valence-corrected chi connectivity index (χ3v) is 6.23. The van der Waals surface area contributed by atoms with Gasteiger partial charge in [-0.2, -0.15) is 0 Å². The van der Waals surface area contributed by atoms with Crippen molar-refractivity contribution < 1.29 is 17.9 Å². The molecule has 156 valence electrons. The summed E-state index contributed by atoms with van der Waals surface area (Å²) >= 11 is 5.91. The molecule has 0 radical (unpaired) electrons. The van der Waals surface area contributed by atoms with Crippen LogP contribution >= 0.6 is 11.6 Å². The maximum Gasteiger partial charge on any atom is 0.331 e. The van der Waals surface area contributed by atoms with Gasteiger partial charge in [-0.15, -0.1) is 0 Å². The highest BCUT2D eigenvalue weighted by Gasteiger charge is 2.29. The smallest absolute Gasteiger partial charge is 0.331 e. The van der Waals surface area contributed by atoms with Gasteiger partial charge in [-0.05, 0) is 47.5 Å². The number of carbonyl (C=O) groups is 1. The van der Waals surface area contributed by atoms with E-state index in [2.05, 4.69) is 10.3 Å². The summed E-state index contributed by atoms with van der Waals surface area (Å²) in [6, 6.07) is 15.9. The predicted molar refractivity (Wildman–Crippen MR) is 114 cm³/mol. The van der Waals surface area contributed by atoms with Gasteiger partial charge in [0.2, 0.25) is 0 Å². The van der Waals surface area contributed by atoms with Gasteiger partial charge in [0.25, 0.3) is 10.0 Å². The molecule has 1 heterocycles. The van der Waals surface area contributed by atoms with Gasteiger partial charge in [0, 0.05) is 24.0 Å². The number of methoxy groups -OCH3 is 1. The molecular weight excluding hydrogens is 426 g/mol. The largest absolute Gasteiger partial charge is 0.497 e. The van der Waals surface area contributed by atoms with Crippen LogP contribution in [0.15, 0.2) is 78.0 Å². The number of sulfonamides is 1. The minimum absolute atomic E-state index is 0.0736. The third kappa shape index (κ3) is 5.28. The quantitative estimate of drug-likeness (QED) is 0.596. The van der Waals surface area contributed by atoms with Gasteiger partial charge in [0.15, 0.2) is 0 Å². The number of benzene rings is 2. The standard InChI is InChI=1S/C21H20ClN3O4S/c1-29-19-5-2-4-17(12-19)13-24-21(26)25(15-16-7-9-18(22)10-8-16)30(27,28)20-6-3-11-23-14-20/h2-12,14H,13,15H2,1H3,(H,24,26). The van der Waals surface area contributed by atoms with Crippen LogP contribution in [0, 0.1) is 0 Å². The molecule has 0 unspecified atom stereocenters. The van der Waals surface area contributed by atoms with Crippen molar-refractivity contribution in [3.05, 3.63) is 89.2 Å². The van der Waals surface area contributed by atoms with E-state index in [1.165, 1.54) is 24.5 Å². The minimum Gasteiger partial charge on any atom is -0.497 e. The molecule has 0 aliphatic rings. The molecule has 0 aliphatic heterocycles. The lowest BCUT2D eigenvalue weighted by molar-refractivity contribution is 0.221. The van der Waals surface area contributed by atoms with E-state index in [1.54, 1.807) is 49.6 Å². The number of carbonyl (C=O) groups excluding carboxylic acids is 1. The Hall–Kier alpha value is -3.10. The first kappa shape index (κ1) is 21.6. The molecular formula is C21H20ClN3O4S. The molecule has 3 rings (SSSR count). The molecule has 9 heteroatoms. The summed E-state index contributed by atoms with van der Waals surface area (Å²) in [7, 11) is -2.58. The minimum atomic E-state index is -4.12. The average Bonchev–Trinajstić information content (AvgIpc) is 2.77. The number of nitrogens with one attached hydrogen (secondary N) is 1. The Morgan fingerprint density at radius 3 is 2.53 bits per heavy atom. The monoisotopic (exact) mass is 445 g/mol. The molecule has 0 bridgehead atoms. The first-order chi connectivity index (χ1) is 14.4. The third-order valence-electron chi connectivity index (χ3n) is 4.27. The number of nitrogens with zero attached hydrogens (tertiary/aromatic N) is 2. The molecule has 0 fully saturated rings. The number of amides is 2. The van der Waals surface area contributed by atoms with E-state index in [0.717, 1.165) is 9.87 Å². The Bertz CT molecular complexity index is 1110. The lowest BCUT2D eigenvalue weighted by Crippen LogP contribution is -2.43. The van der Waals surface area contributed by atoms with Crippen molar-refractivity contribution in [1.82, 2.24) is 14.6 Å². The number of hydrogen-bond donors (Lipinski definition) is 1. The summed E-state index contributed by atoms with van der Waals surface area (Å²) < 4.78 is 32.2. The maximum absolute atomic E-state index is 13.1. The fourth-order valence-electron chi connectivity index (χ4n) is 2.70. The second-order valence-electron chi connectivity index (χ2n) is 6.34. The number of ether oxygens (including phenoxy) is 1. The zero-order chi connectivity index (χ0) is 21.6. The molecule has 0 spiro atoms. The molecule has 7 nitrogen and oxygen atoms in total. The van der Waals surface area contributed by atoms with E-state index >= 15 is 0 Å². The number of urea groups is 1. The highest BCUT2D eigenvalue weighted by atomic mass is 35.5. The van der Waals surface area contributed by atoms with Gasteiger partial charge in [-0.25, -0.2) is 17.5 Å². The molecule has 0 aliphatic carbocycles. The van der Waals surface area contributed by atoms with Gasteiger partial charge in [0.1, 0.15) is 10.6 Å². The fraction of sp³-hybridized carbons (Fsp3) is 0.143. The van der Waals surface area contributed by atoms with Gasteiger partial charge in [-0.1, -0.05) is 35.9 Å². The van der Waals surface area contributed by atoms with Crippen LogP contribution in [0.4, 0.5) is 4.79 Å². The lowest BCUT2D eigenvalue weighted by Gasteiger charge is -2.23. The van der Waals surface area contributed by atoms with Gasteiger partial charge >= 0.3 is 6.03 Å². The zero-order valence-electron chi connectivity index (χ0n) is 16.2. The Labute approximate surface area is 180 Å². The number of aromatic nitrogens is 1. The predicted octanol–water partition coefficient (Wildman–Crippen LogP) is 3.84. The SMILES string of the molecule is COc1cccc(CNC(=O)N(Cc2ccc(Cl)cc2)S(=O)(=O)c2cccnc2)c1. The Kier molecular flexibility index (Phi) is 6.91. The highest BCUT2D eigenvalue weighted by Crippen LogP contribution is 2.20. The van der Waals surface area contributed by atoms with Crippen molar-refractivity contribution >= 4 is 27.7 Å². The van der Waals surface area contributed by atoms with Crippen LogP contribution in [0.25, 0.3) is 0 Å². The zero-order valence-corrected chi connectivity index (χ0v) is 17.7. The van der Waals surface area contributed by atoms with Gasteiger partial charge in [0.05, 0.1) is 13.7 Å². The van der Waals surface area contributed by atoms with Crippen LogP contribution in [0.3, 0.4) is 0 Å². The van der Waals surface area contributed by atoms with Crippen LogP contribution in [0.5, 0.6) is 5.75 Å². The second kappa shape index (κ2) is 9.60. The molecule has 0 atom stereocenters. The van der Waals surface area contributed by atoms with E-state index in [4.69, 9.17) is 16.3 Å². The van der Waals surface area contributed by atoms with Crippen molar-refractivity contribution in [2.75, 3.05) is 7.11 Å². The number of hydrogen-bond acceptors (Lipinski definition) is 5. The molecule has 0 saturated carbocycles. The summed E-state index contributed by atoms with van der Waals surface area (Å²) in [6.07, 6.45) is 2.67. The lowest BCUT2D eigenvalue weighted by atomic mass is 10.2. The summed E-state index contributed by atoms with van der Waals surface area (Å²) in [4.78, 5) is 16.7. The average molecular weight is 446 g/mol. The van der Waals surface area contributed by atoms with E-state index in [0.29, 0.717) is 16.3 Å². The molecule has 1 N–H and O–H groups in total. The van der Waals surface area contributed by atoms with Crippen molar-refractivity contribution in [3.63, 3.8) is 0 Å². The molecule has 30 heavy (non-hydrogen) atoms. The van der Waals surface area contributed by atoms with Crippen LogP contribution in [-0.4, -0.2) is 30.8 Å². The summed E-state index contributed by atoms with van der Waals surface area (Å²) in [5.41, 5.74) is 1.39. The van der Waals surface area contributed by atoms with Crippen LogP contribution in [-0.2, 0) is 23.1 Å². The van der Waals surface area contributed by atoms with E-state index in [9.17, 15) is 13.2 Å². The highest BCUT2D eigenvalue weighted by molar-refractivity contribution is 7.89. The number of halogens is 1. The first-order valence-electron chi connectivity index (χ1n) is 8.98. The van der Waals surface area contributed by atoms with Crippen molar-refractivity contribution in [2.45, 2.75) is 18.0 Å². The Morgan fingerprint density at radius 2 is 1.87 bits per heavy atom. The molecule has 2 amide bonds. The van der Waals surface area contributed by atoms with Crippen molar-refractivity contribution in [1.29, 1.82) is 0 Å². The van der Waals surface area contributed by atoms with Crippen LogP contribution in [0.2, 0.25) is 5.02 Å². The summed E-state index contributed by atoms with van der Waals surface area (Å²) in [6.45, 7) is -0.0198. The van der Waals surface area contributed by atoms with Crippen LogP contribution in [0.1, 0.15) is 11.1 Å². The summed E-state index contributed by atoms with van der Waals surface area (Å²) in [5, 5.41) is 3.18. The van der Waals surface area contributed by atoms with Gasteiger partial charge in [-0.3, -0.25) is 4.98 Å². The molecule has 3 aromatic rings. The van der Waals surface area contributed by atoms with Gasteiger partial charge < -0.3 is 10.1 Å². The number of rotatable bonds is 7. The van der Waals surface area contributed by atoms with Crippen molar-refractivity contribution in [3.8, 4) is 5.75 Å². The second-order valence-corrected chi connectivity index (χ2v) is 8.64. The van der Waals surface area contributed by atoms with E-state index < -0.39 is 16.1 Å². The van der Waals surface area contributed by atoms with Crippen LogP contribution < -0.4 is 10.1 Å². The summed E-state index contributed by atoms with van der Waals surface area (Å²) in [5.74, 6) is 0.641. The Morgan fingerprint density at radius 1 is 1.10 bits per heavy atom. The van der Waals surface area contributed by atoms with Crippen molar-refractivity contribution in [2.24, 2.45) is 0 Å². The normalized spacial score (nSPS) is 11.0. The molecule has 0 saturated heterocycles. The number of pyridine rings is 1. The topological polar surface area (TPSA) is 88.6 Å². The fourth-order valence-corrected chi connectivity index (χ4v) is 4.12. The molecule has 2 aromatic carbocycles. The maximum atomic E-state index is 13.1. The van der Waals surface area contributed by atoms with E-state index in [1.807, 2.05) is 6.07 Å². The Balaban J connectivity index is 1.86. The first-order valence-corrected chi connectivity index (χ1v) is 10.8. The molecule has 1 aromatic heterocycles. The van der Waals surface area contributed by atoms with E-state index in [-0.39, 0.29) is 18.0 Å².